The van der Waals surface area contributed by atoms with Crippen LogP contribution in [0.25, 0.3) is 11.3 Å². The fourth-order valence-corrected chi connectivity index (χ4v) is 1.48. The molecule has 2 aromatic rings. The van der Waals surface area contributed by atoms with Crippen molar-refractivity contribution in [3.63, 3.8) is 0 Å². The molecular weight excluding hydrogens is 248 g/mol. The fourth-order valence-electron chi connectivity index (χ4n) is 1.13. The van der Waals surface area contributed by atoms with Crippen LogP contribution in [-0.2, 0) is 0 Å². The lowest BCUT2D eigenvalue weighted by Gasteiger charge is -1.99. The third-order valence-corrected chi connectivity index (χ3v) is 2.25. The molecule has 0 aliphatic rings. The zero-order valence-electron chi connectivity index (χ0n) is 7.07. The van der Waals surface area contributed by atoms with Crippen LogP contribution >= 0.6 is 15.9 Å². The Balaban J connectivity index is 2.52. The van der Waals surface area contributed by atoms with E-state index >= 15 is 0 Å². The first-order valence-corrected chi connectivity index (χ1v) is 4.67. The van der Waals surface area contributed by atoms with Crippen LogP contribution in [0.4, 0.5) is 5.82 Å². The molecule has 1 aromatic carbocycles. The lowest BCUT2D eigenvalue weighted by molar-refractivity contribution is 0.429. The van der Waals surface area contributed by atoms with Gasteiger partial charge in [0.1, 0.15) is 5.75 Å². The lowest BCUT2D eigenvalue weighted by atomic mass is 10.1. The Kier molecular flexibility index (Phi) is 2.17. The highest BCUT2D eigenvalue weighted by Gasteiger charge is 2.09. The second kappa shape index (κ2) is 3.34. The first-order valence-electron chi connectivity index (χ1n) is 3.88. The molecule has 0 saturated heterocycles. The summed E-state index contributed by atoms with van der Waals surface area (Å²) >= 11 is 3.24. The Morgan fingerprint density at radius 3 is 2.71 bits per heavy atom. The maximum atomic E-state index is 9.60. The molecule has 0 fully saturated rings. The highest BCUT2D eigenvalue weighted by molar-refractivity contribution is 9.10. The standard InChI is InChI=1S/C9H7BrN2O2/c10-5-1-2-6(7(13)3-5)8-4-9(11)12-14-8/h1-4,13H,(H2,11,12). The Morgan fingerprint density at radius 2 is 2.14 bits per heavy atom. The Bertz CT molecular complexity index is 468. The van der Waals surface area contributed by atoms with Gasteiger partial charge in [0.15, 0.2) is 11.6 Å². The molecule has 0 amide bonds. The topological polar surface area (TPSA) is 72.3 Å². The predicted octanol–water partition coefficient (Wildman–Crippen LogP) is 2.39. The number of rotatable bonds is 1. The maximum Gasteiger partial charge on any atom is 0.172 e. The summed E-state index contributed by atoms with van der Waals surface area (Å²) in [4.78, 5) is 0. The number of aromatic nitrogens is 1. The minimum Gasteiger partial charge on any atom is -0.507 e. The quantitative estimate of drug-likeness (QED) is 0.820. The van der Waals surface area contributed by atoms with E-state index in [1.165, 1.54) is 0 Å². The van der Waals surface area contributed by atoms with E-state index in [1.807, 2.05) is 0 Å². The van der Waals surface area contributed by atoms with E-state index in [9.17, 15) is 5.11 Å². The van der Waals surface area contributed by atoms with Gasteiger partial charge in [0.05, 0.1) is 5.56 Å². The fraction of sp³-hybridized carbons (Fsp3) is 0. The second-order valence-corrected chi connectivity index (χ2v) is 3.69. The highest BCUT2D eigenvalue weighted by Crippen LogP contribution is 2.32. The van der Waals surface area contributed by atoms with Crippen LogP contribution < -0.4 is 5.73 Å². The summed E-state index contributed by atoms with van der Waals surface area (Å²) in [5, 5.41) is 13.1. The van der Waals surface area contributed by atoms with Crippen LogP contribution in [0.2, 0.25) is 0 Å². The lowest BCUT2D eigenvalue weighted by Crippen LogP contribution is -1.80. The van der Waals surface area contributed by atoms with Crippen LogP contribution in [0, 0.1) is 0 Å². The van der Waals surface area contributed by atoms with Gasteiger partial charge in [-0.25, -0.2) is 0 Å². The molecule has 4 nitrogen and oxygen atoms in total. The molecule has 3 N–H and O–H groups in total. The van der Waals surface area contributed by atoms with Crippen molar-refractivity contribution in [1.82, 2.24) is 5.16 Å². The number of nitrogen functional groups attached to an aromatic ring is 1. The molecule has 2 rings (SSSR count). The minimum absolute atomic E-state index is 0.121. The van der Waals surface area contributed by atoms with Crippen molar-refractivity contribution < 1.29 is 9.63 Å². The third kappa shape index (κ3) is 1.58. The molecule has 0 atom stereocenters. The van der Waals surface area contributed by atoms with Crippen molar-refractivity contribution >= 4 is 21.7 Å². The van der Waals surface area contributed by atoms with E-state index in [2.05, 4.69) is 21.1 Å². The number of hydrogen-bond donors (Lipinski definition) is 2. The SMILES string of the molecule is Nc1cc(-c2ccc(Br)cc2O)on1. The maximum absolute atomic E-state index is 9.60. The Labute approximate surface area is 88.5 Å². The van der Waals surface area contributed by atoms with Gasteiger partial charge < -0.3 is 15.4 Å². The second-order valence-electron chi connectivity index (χ2n) is 2.78. The van der Waals surface area contributed by atoms with E-state index in [1.54, 1.807) is 24.3 Å². The van der Waals surface area contributed by atoms with Crippen LogP contribution in [0.15, 0.2) is 33.3 Å². The average Bonchev–Trinajstić information content (AvgIpc) is 2.51. The molecule has 5 heteroatoms. The number of hydrogen-bond acceptors (Lipinski definition) is 4. The Morgan fingerprint density at radius 1 is 1.36 bits per heavy atom. The molecule has 1 aromatic heterocycles. The number of benzene rings is 1. The van der Waals surface area contributed by atoms with Crippen molar-refractivity contribution in [3.05, 3.63) is 28.7 Å². The molecule has 1 heterocycles. The number of nitrogens with two attached hydrogens (primary N) is 1. The van der Waals surface area contributed by atoms with Gasteiger partial charge in [-0.2, -0.15) is 0 Å². The summed E-state index contributed by atoms with van der Waals surface area (Å²) in [6, 6.07) is 6.66. The van der Waals surface area contributed by atoms with Gasteiger partial charge >= 0.3 is 0 Å². The van der Waals surface area contributed by atoms with Crippen molar-refractivity contribution in [2.24, 2.45) is 0 Å². The van der Waals surface area contributed by atoms with Gasteiger partial charge in [-0.15, -0.1) is 0 Å². The molecule has 0 saturated carbocycles. The summed E-state index contributed by atoms with van der Waals surface area (Å²) < 4.78 is 5.72. The number of aromatic hydroxyl groups is 1. The molecule has 0 unspecified atom stereocenters. The molecule has 0 radical (unpaired) electrons. The van der Waals surface area contributed by atoms with Gasteiger partial charge in [-0.05, 0) is 18.2 Å². The van der Waals surface area contributed by atoms with E-state index in [-0.39, 0.29) is 5.75 Å². The van der Waals surface area contributed by atoms with Crippen molar-refractivity contribution in [1.29, 1.82) is 0 Å². The van der Waals surface area contributed by atoms with Gasteiger partial charge in [0.2, 0.25) is 0 Å². The number of phenolic OH excluding ortho intramolecular Hbond substituents is 1. The van der Waals surface area contributed by atoms with Gasteiger partial charge in [-0.3, -0.25) is 0 Å². The van der Waals surface area contributed by atoms with Crippen molar-refractivity contribution in [2.75, 3.05) is 5.73 Å². The van der Waals surface area contributed by atoms with E-state index in [0.29, 0.717) is 17.1 Å². The Hall–Kier alpha value is -1.49. The summed E-state index contributed by atoms with van der Waals surface area (Å²) in [7, 11) is 0. The predicted molar refractivity (Wildman–Crippen MR) is 55.7 cm³/mol. The van der Waals surface area contributed by atoms with Crippen LogP contribution in [0.5, 0.6) is 5.75 Å². The molecule has 0 aliphatic carbocycles. The number of phenols is 1. The first kappa shape index (κ1) is 9.08. The molecule has 72 valence electrons. The van der Waals surface area contributed by atoms with Crippen LogP contribution in [0.1, 0.15) is 0 Å². The smallest absolute Gasteiger partial charge is 0.172 e. The zero-order valence-corrected chi connectivity index (χ0v) is 8.65. The van der Waals surface area contributed by atoms with Crippen LogP contribution in [0.3, 0.4) is 0 Å². The number of anilines is 1. The number of halogens is 1. The summed E-state index contributed by atoms with van der Waals surface area (Å²) in [5.41, 5.74) is 5.97. The normalized spacial score (nSPS) is 10.4. The first-order chi connectivity index (χ1) is 6.66. The number of nitrogens with zero attached hydrogens (tertiary/aromatic N) is 1. The largest absolute Gasteiger partial charge is 0.507 e. The molecular formula is C9H7BrN2O2. The monoisotopic (exact) mass is 254 g/mol. The van der Waals surface area contributed by atoms with E-state index in [4.69, 9.17) is 10.3 Å². The summed E-state index contributed by atoms with van der Waals surface area (Å²) in [6.45, 7) is 0. The third-order valence-electron chi connectivity index (χ3n) is 1.75. The highest BCUT2D eigenvalue weighted by atomic mass is 79.9. The van der Waals surface area contributed by atoms with E-state index < -0.39 is 0 Å². The van der Waals surface area contributed by atoms with Gasteiger partial charge in [0.25, 0.3) is 0 Å². The average molecular weight is 255 g/mol. The summed E-state index contributed by atoms with van der Waals surface area (Å²) in [5.74, 6) is 0.866. The molecule has 0 bridgehead atoms. The van der Waals surface area contributed by atoms with Crippen molar-refractivity contribution in [2.45, 2.75) is 0 Å². The van der Waals surface area contributed by atoms with E-state index in [0.717, 1.165) is 4.47 Å². The zero-order chi connectivity index (χ0) is 10.1. The molecule has 0 spiro atoms. The van der Waals surface area contributed by atoms with Gasteiger partial charge in [0, 0.05) is 10.5 Å². The summed E-state index contributed by atoms with van der Waals surface area (Å²) in [6.07, 6.45) is 0. The minimum atomic E-state index is 0.121. The van der Waals surface area contributed by atoms with Crippen LogP contribution in [-0.4, -0.2) is 10.3 Å². The molecule has 0 aliphatic heterocycles. The van der Waals surface area contributed by atoms with Gasteiger partial charge in [-0.1, -0.05) is 21.1 Å². The van der Waals surface area contributed by atoms with Crippen molar-refractivity contribution in [3.8, 4) is 17.1 Å². The molecule has 14 heavy (non-hydrogen) atoms.